The number of fused-ring (bicyclic) bond motifs is 1. The fraction of sp³-hybridized carbons (Fsp3) is 0.500. The molecule has 4 unspecified atom stereocenters. The Morgan fingerprint density at radius 1 is 1.16 bits per heavy atom. The lowest BCUT2D eigenvalue weighted by Gasteiger charge is -2.36. The molecule has 0 heterocycles. The van der Waals surface area contributed by atoms with E-state index in [1.165, 1.54) is 0 Å². The van der Waals surface area contributed by atoms with Gasteiger partial charge < -0.3 is 15.4 Å². The van der Waals surface area contributed by atoms with Gasteiger partial charge in [-0.2, -0.15) is 5.26 Å². The van der Waals surface area contributed by atoms with Crippen molar-refractivity contribution in [2.24, 2.45) is 17.8 Å². The minimum atomic E-state index is -0.824. The van der Waals surface area contributed by atoms with Gasteiger partial charge in [-0.25, -0.2) is 4.79 Å². The highest BCUT2D eigenvalue weighted by Gasteiger charge is 2.34. The Balaban J connectivity index is 1.72. The van der Waals surface area contributed by atoms with Crippen LogP contribution in [0.4, 0.5) is 4.79 Å². The molecule has 0 bridgehead atoms. The minimum absolute atomic E-state index is 0.112. The van der Waals surface area contributed by atoms with Crippen molar-refractivity contribution in [3.63, 3.8) is 0 Å². The molecule has 6 heteroatoms. The third-order valence-corrected chi connectivity index (χ3v) is 6.42. The van der Waals surface area contributed by atoms with Crippen molar-refractivity contribution in [2.45, 2.75) is 58.6 Å². The molecule has 0 saturated heterocycles. The molecule has 2 amide bonds. The van der Waals surface area contributed by atoms with E-state index in [4.69, 9.17) is 10.00 Å². The lowest BCUT2D eigenvalue weighted by Crippen LogP contribution is -2.49. The van der Waals surface area contributed by atoms with E-state index in [0.717, 1.165) is 35.6 Å². The van der Waals surface area contributed by atoms with Crippen LogP contribution in [0.3, 0.4) is 0 Å². The summed E-state index contributed by atoms with van der Waals surface area (Å²) in [5.74, 6) is 0.861. The van der Waals surface area contributed by atoms with Crippen LogP contribution in [-0.4, -0.2) is 30.7 Å². The summed E-state index contributed by atoms with van der Waals surface area (Å²) in [6, 6.07) is 15.1. The molecule has 0 radical (unpaired) electrons. The summed E-state index contributed by atoms with van der Waals surface area (Å²) in [6.07, 6.45) is 2.61. The van der Waals surface area contributed by atoms with E-state index >= 15 is 0 Å². The van der Waals surface area contributed by atoms with Crippen molar-refractivity contribution >= 4 is 22.8 Å². The molecule has 2 aromatic rings. The fourth-order valence-corrected chi connectivity index (χ4v) is 4.62. The van der Waals surface area contributed by atoms with Gasteiger partial charge in [0.25, 0.3) is 0 Å². The molecule has 3 rings (SSSR count). The van der Waals surface area contributed by atoms with E-state index in [1.54, 1.807) is 0 Å². The Morgan fingerprint density at radius 2 is 1.91 bits per heavy atom. The lowest BCUT2D eigenvalue weighted by molar-refractivity contribution is -0.122. The van der Waals surface area contributed by atoms with E-state index in [-0.39, 0.29) is 12.6 Å². The van der Waals surface area contributed by atoms with E-state index in [2.05, 4.69) is 31.4 Å². The topological polar surface area (TPSA) is 91.2 Å². The molecule has 1 aliphatic carbocycles. The number of rotatable bonds is 7. The maximum absolute atomic E-state index is 12.8. The van der Waals surface area contributed by atoms with Crippen molar-refractivity contribution in [3.8, 4) is 6.07 Å². The second kappa shape index (κ2) is 11.0. The van der Waals surface area contributed by atoms with E-state index in [9.17, 15) is 9.59 Å². The van der Waals surface area contributed by atoms with Crippen LogP contribution in [0.1, 0.15) is 45.6 Å². The average Bonchev–Trinajstić information content (AvgIpc) is 2.76. The Bertz CT molecular complexity index is 982. The first-order chi connectivity index (χ1) is 15.4. The predicted molar refractivity (Wildman–Crippen MR) is 125 cm³/mol. The number of benzene rings is 2. The van der Waals surface area contributed by atoms with Gasteiger partial charge in [0.1, 0.15) is 18.7 Å². The number of alkyl carbamates (subject to hydrolysis) is 1. The largest absolute Gasteiger partial charge is 0.446 e. The molecule has 2 N–H and O–H groups in total. The molecule has 32 heavy (non-hydrogen) atoms. The van der Waals surface area contributed by atoms with Gasteiger partial charge >= 0.3 is 6.09 Å². The van der Waals surface area contributed by atoms with Crippen molar-refractivity contribution in [1.29, 1.82) is 5.26 Å². The van der Waals surface area contributed by atoms with Gasteiger partial charge in [0.15, 0.2) is 0 Å². The number of nitriles is 1. The van der Waals surface area contributed by atoms with Crippen LogP contribution >= 0.6 is 0 Å². The van der Waals surface area contributed by atoms with Crippen molar-refractivity contribution in [3.05, 3.63) is 48.0 Å². The first-order valence-electron chi connectivity index (χ1n) is 11.5. The Hall–Kier alpha value is -3.07. The maximum Gasteiger partial charge on any atom is 0.408 e. The van der Waals surface area contributed by atoms with Crippen LogP contribution in [0.5, 0.6) is 0 Å². The quantitative estimate of drug-likeness (QED) is 0.623. The number of carbonyl (C=O) groups excluding carboxylic acids is 2. The summed E-state index contributed by atoms with van der Waals surface area (Å²) in [5, 5.41) is 16.3. The zero-order valence-corrected chi connectivity index (χ0v) is 19.1. The van der Waals surface area contributed by atoms with Gasteiger partial charge in [0, 0.05) is 6.42 Å². The highest BCUT2D eigenvalue weighted by molar-refractivity contribution is 5.87. The molecule has 6 nitrogen and oxygen atoms in total. The molecule has 1 aliphatic rings. The van der Waals surface area contributed by atoms with Gasteiger partial charge in [-0.05, 0) is 46.9 Å². The summed E-state index contributed by atoms with van der Waals surface area (Å²) < 4.78 is 5.83. The third kappa shape index (κ3) is 6.23. The molecule has 4 atom stereocenters. The standard InChI is InChI=1S/C26H33N3O3/c1-17(2)22-11-8-18(3)14-24(22)32-26(31)29-23(25(30)28-13-12-27)16-19-9-10-20-6-4-5-7-21(20)15-19/h4-7,9-10,15,17-18,22-24H,8,11,13-14,16H2,1-3H3,(H,28,30)(H,29,31). The molecule has 2 aromatic carbocycles. The highest BCUT2D eigenvalue weighted by Crippen LogP contribution is 2.35. The molecule has 1 saturated carbocycles. The van der Waals surface area contributed by atoms with Crippen LogP contribution in [0.2, 0.25) is 0 Å². The predicted octanol–water partition coefficient (Wildman–Crippen LogP) is 4.58. The lowest BCUT2D eigenvalue weighted by atomic mass is 9.75. The van der Waals surface area contributed by atoms with E-state index in [0.29, 0.717) is 24.2 Å². The molecule has 170 valence electrons. The van der Waals surface area contributed by atoms with Crippen molar-refractivity contribution < 1.29 is 14.3 Å². The SMILES string of the molecule is CC1CCC(C(C)C)C(OC(=O)NC(Cc2ccc3ccccc3c2)C(=O)NCC#N)C1. The van der Waals surface area contributed by atoms with Crippen LogP contribution in [0.25, 0.3) is 10.8 Å². The van der Waals surface area contributed by atoms with Crippen molar-refractivity contribution in [2.75, 3.05) is 6.54 Å². The first-order valence-corrected chi connectivity index (χ1v) is 11.5. The first kappa shape index (κ1) is 23.6. The number of hydrogen-bond acceptors (Lipinski definition) is 4. The van der Waals surface area contributed by atoms with Gasteiger partial charge in [-0.3, -0.25) is 4.79 Å². The minimum Gasteiger partial charge on any atom is -0.446 e. The monoisotopic (exact) mass is 435 g/mol. The normalized spacial score (nSPS) is 21.5. The van der Waals surface area contributed by atoms with Gasteiger partial charge in [0.05, 0.1) is 6.07 Å². The molecular formula is C26H33N3O3. The maximum atomic E-state index is 12.8. The van der Waals surface area contributed by atoms with Crippen molar-refractivity contribution in [1.82, 2.24) is 10.6 Å². The number of ether oxygens (including phenoxy) is 1. The highest BCUT2D eigenvalue weighted by atomic mass is 16.6. The summed E-state index contributed by atoms with van der Waals surface area (Å²) >= 11 is 0. The number of carbonyl (C=O) groups is 2. The number of amides is 2. The summed E-state index contributed by atoms with van der Waals surface area (Å²) in [4.78, 5) is 25.5. The second-order valence-electron chi connectivity index (χ2n) is 9.23. The molecular weight excluding hydrogens is 402 g/mol. The number of nitrogens with one attached hydrogen (secondary N) is 2. The zero-order chi connectivity index (χ0) is 23.1. The fourth-order valence-electron chi connectivity index (χ4n) is 4.62. The second-order valence-corrected chi connectivity index (χ2v) is 9.23. The van der Waals surface area contributed by atoms with Crippen LogP contribution < -0.4 is 10.6 Å². The van der Waals surface area contributed by atoms with Gasteiger partial charge in [-0.1, -0.05) is 69.7 Å². The van der Waals surface area contributed by atoms with E-state index in [1.807, 2.05) is 48.5 Å². The van der Waals surface area contributed by atoms with Crippen LogP contribution in [0.15, 0.2) is 42.5 Å². The Labute approximate surface area is 190 Å². The third-order valence-electron chi connectivity index (χ3n) is 6.42. The Kier molecular flexibility index (Phi) is 8.10. The van der Waals surface area contributed by atoms with Crippen LogP contribution in [0, 0.1) is 29.1 Å². The zero-order valence-electron chi connectivity index (χ0n) is 19.1. The number of hydrogen-bond donors (Lipinski definition) is 2. The summed E-state index contributed by atoms with van der Waals surface area (Å²) in [5.41, 5.74) is 0.924. The number of nitrogens with zero attached hydrogens (tertiary/aromatic N) is 1. The summed E-state index contributed by atoms with van der Waals surface area (Å²) in [7, 11) is 0. The van der Waals surface area contributed by atoms with Gasteiger partial charge in [-0.15, -0.1) is 0 Å². The van der Waals surface area contributed by atoms with E-state index < -0.39 is 18.0 Å². The smallest absolute Gasteiger partial charge is 0.408 e. The summed E-state index contributed by atoms with van der Waals surface area (Å²) in [6.45, 7) is 6.39. The van der Waals surface area contributed by atoms with Crippen LogP contribution in [-0.2, 0) is 16.0 Å². The molecule has 0 aromatic heterocycles. The Morgan fingerprint density at radius 3 is 2.62 bits per heavy atom. The molecule has 1 fully saturated rings. The molecule has 0 spiro atoms. The average molecular weight is 436 g/mol. The van der Waals surface area contributed by atoms with Gasteiger partial charge in [0.2, 0.25) is 5.91 Å². The molecule has 0 aliphatic heterocycles.